The number of aliphatic hydroxyl groups is 1. The van der Waals surface area contributed by atoms with Gasteiger partial charge in [0.05, 0.1) is 0 Å². The van der Waals surface area contributed by atoms with Crippen LogP contribution in [0.15, 0.2) is 36.4 Å². The summed E-state index contributed by atoms with van der Waals surface area (Å²) in [5.41, 5.74) is 1.35. The van der Waals surface area contributed by atoms with Crippen LogP contribution in [0.3, 0.4) is 0 Å². The molecule has 2 aromatic carbocycles. The summed E-state index contributed by atoms with van der Waals surface area (Å²) in [4.78, 5) is 0. The van der Waals surface area contributed by atoms with Crippen LogP contribution in [0.1, 0.15) is 36.6 Å². The highest BCUT2D eigenvalue weighted by Gasteiger charge is 2.30. The van der Waals surface area contributed by atoms with Gasteiger partial charge in [-0.15, -0.1) is 0 Å². The Labute approximate surface area is 122 Å². The second-order valence-corrected chi connectivity index (χ2v) is 5.97. The fraction of sp³-hybridized carbons (Fsp3) is 0.294. The first-order chi connectivity index (χ1) is 9.85. The van der Waals surface area contributed by atoms with Crippen LogP contribution in [0.4, 0.5) is 8.78 Å². The summed E-state index contributed by atoms with van der Waals surface area (Å²) in [5.74, 6) is -0.623. The molecule has 1 unspecified atom stereocenters. The Balaban J connectivity index is 1.95. The van der Waals surface area contributed by atoms with Gasteiger partial charge in [-0.3, -0.25) is 0 Å². The molecule has 0 bridgehead atoms. The molecule has 0 spiro atoms. The van der Waals surface area contributed by atoms with E-state index in [9.17, 15) is 13.9 Å². The molecule has 4 heteroatoms. The largest absolute Gasteiger partial charge is 0.487 e. The molecule has 3 rings (SSSR count). The lowest BCUT2D eigenvalue weighted by Crippen LogP contribution is -2.24. The van der Waals surface area contributed by atoms with Gasteiger partial charge in [0.25, 0.3) is 0 Å². The van der Waals surface area contributed by atoms with Gasteiger partial charge in [0.2, 0.25) is 0 Å². The summed E-state index contributed by atoms with van der Waals surface area (Å²) >= 11 is 0. The van der Waals surface area contributed by atoms with E-state index in [0.717, 1.165) is 29.9 Å². The van der Waals surface area contributed by atoms with E-state index in [1.807, 2.05) is 19.9 Å². The van der Waals surface area contributed by atoms with Crippen molar-refractivity contribution in [1.29, 1.82) is 0 Å². The van der Waals surface area contributed by atoms with Crippen LogP contribution >= 0.6 is 0 Å². The summed E-state index contributed by atoms with van der Waals surface area (Å²) in [6, 6.07) is 8.48. The Morgan fingerprint density at radius 3 is 2.62 bits per heavy atom. The number of hydrogen-bond acceptors (Lipinski definition) is 2. The highest BCUT2D eigenvalue weighted by Crippen LogP contribution is 2.37. The Hall–Kier alpha value is -1.94. The van der Waals surface area contributed by atoms with Gasteiger partial charge in [0.15, 0.2) is 0 Å². The predicted octanol–water partition coefficient (Wildman–Crippen LogP) is 3.76. The maximum atomic E-state index is 13.8. The van der Waals surface area contributed by atoms with Crippen LogP contribution in [0.5, 0.6) is 5.75 Å². The number of benzene rings is 2. The van der Waals surface area contributed by atoms with Crippen molar-refractivity contribution < 1.29 is 18.6 Å². The molecule has 0 radical (unpaired) electrons. The molecule has 1 atom stereocenters. The lowest BCUT2D eigenvalue weighted by Gasteiger charge is -2.16. The Morgan fingerprint density at radius 1 is 1.14 bits per heavy atom. The third-order valence-electron chi connectivity index (χ3n) is 3.66. The first-order valence-electron chi connectivity index (χ1n) is 6.80. The average Bonchev–Trinajstić information content (AvgIpc) is 2.70. The van der Waals surface area contributed by atoms with E-state index in [1.54, 1.807) is 12.1 Å². The van der Waals surface area contributed by atoms with Gasteiger partial charge in [-0.05, 0) is 43.2 Å². The maximum absolute atomic E-state index is 13.8. The van der Waals surface area contributed by atoms with Crippen LogP contribution in [-0.4, -0.2) is 10.7 Å². The van der Waals surface area contributed by atoms with Gasteiger partial charge < -0.3 is 9.84 Å². The highest BCUT2D eigenvalue weighted by molar-refractivity contribution is 5.44. The summed E-state index contributed by atoms with van der Waals surface area (Å²) < 4.78 is 32.5. The molecule has 2 aromatic rings. The van der Waals surface area contributed by atoms with Crippen LogP contribution in [0.2, 0.25) is 0 Å². The quantitative estimate of drug-likeness (QED) is 0.912. The van der Waals surface area contributed by atoms with Crippen LogP contribution in [0.25, 0.3) is 0 Å². The van der Waals surface area contributed by atoms with Gasteiger partial charge in [0, 0.05) is 18.1 Å². The van der Waals surface area contributed by atoms with Crippen molar-refractivity contribution in [1.82, 2.24) is 0 Å². The molecule has 0 saturated heterocycles. The van der Waals surface area contributed by atoms with Crippen molar-refractivity contribution in [2.75, 3.05) is 0 Å². The van der Waals surface area contributed by atoms with E-state index in [4.69, 9.17) is 4.74 Å². The number of hydrogen-bond donors (Lipinski definition) is 1. The van der Waals surface area contributed by atoms with Gasteiger partial charge in [-0.2, -0.15) is 0 Å². The topological polar surface area (TPSA) is 29.5 Å². The predicted molar refractivity (Wildman–Crippen MR) is 75.3 cm³/mol. The average molecular weight is 290 g/mol. The van der Waals surface area contributed by atoms with Crippen LogP contribution in [-0.2, 0) is 6.42 Å². The minimum atomic E-state index is -1.13. The standard InChI is InChI=1S/C17H16F2O2/c1-17(2)9-11-7-10(3-6-15(11)21-17)16(20)13-5-4-12(18)8-14(13)19/h3-8,16,20H,9H2,1-2H3. The molecule has 1 N–H and O–H groups in total. The first-order valence-corrected chi connectivity index (χ1v) is 6.80. The molecule has 0 amide bonds. The smallest absolute Gasteiger partial charge is 0.132 e. The SMILES string of the molecule is CC1(C)Cc2cc(C(O)c3ccc(F)cc3F)ccc2O1. The van der Waals surface area contributed by atoms with Crippen LogP contribution < -0.4 is 4.74 Å². The molecule has 21 heavy (non-hydrogen) atoms. The molecule has 0 aliphatic carbocycles. The minimum absolute atomic E-state index is 0.0644. The van der Waals surface area contributed by atoms with Crippen molar-refractivity contribution in [3.63, 3.8) is 0 Å². The van der Waals surface area contributed by atoms with Gasteiger partial charge in [0.1, 0.15) is 29.1 Å². The highest BCUT2D eigenvalue weighted by atomic mass is 19.1. The summed E-state index contributed by atoms with van der Waals surface area (Å²) in [6.07, 6.45) is -0.394. The van der Waals surface area contributed by atoms with E-state index in [-0.39, 0.29) is 11.2 Å². The number of ether oxygens (including phenoxy) is 1. The number of rotatable bonds is 2. The number of fused-ring (bicyclic) bond motifs is 1. The molecule has 1 aliphatic heterocycles. The third-order valence-corrected chi connectivity index (χ3v) is 3.66. The summed E-state index contributed by atoms with van der Waals surface area (Å²) in [5, 5.41) is 10.3. The van der Waals surface area contributed by atoms with Crippen molar-refractivity contribution >= 4 is 0 Å². The molecule has 110 valence electrons. The lowest BCUT2D eigenvalue weighted by atomic mass is 9.96. The maximum Gasteiger partial charge on any atom is 0.132 e. The van der Waals surface area contributed by atoms with Crippen molar-refractivity contribution in [3.8, 4) is 5.75 Å². The summed E-state index contributed by atoms with van der Waals surface area (Å²) in [7, 11) is 0. The normalized spacial score (nSPS) is 17.2. The molecule has 0 fully saturated rings. The van der Waals surface area contributed by atoms with Gasteiger partial charge in [-0.25, -0.2) is 8.78 Å². The molecule has 1 aliphatic rings. The van der Waals surface area contributed by atoms with Crippen LogP contribution in [0, 0.1) is 11.6 Å². The van der Waals surface area contributed by atoms with Gasteiger partial charge >= 0.3 is 0 Å². The number of aliphatic hydroxyl groups excluding tert-OH is 1. The van der Waals surface area contributed by atoms with E-state index >= 15 is 0 Å². The number of halogens is 2. The Morgan fingerprint density at radius 2 is 1.90 bits per heavy atom. The third kappa shape index (κ3) is 2.63. The van der Waals surface area contributed by atoms with E-state index in [1.165, 1.54) is 6.07 Å². The van der Waals surface area contributed by atoms with Crippen molar-refractivity contribution in [3.05, 3.63) is 64.7 Å². The molecule has 2 nitrogen and oxygen atoms in total. The molecule has 0 saturated carbocycles. The molecule has 1 heterocycles. The zero-order valence-electron chi connectivity index (χ0n) is 11.9. The second-order valence-electron chi connectivity index (χ2n) is 5.97. The van der Waals surface area contributed by atoms with Gasteiger partial charge in [-0.1, -0.05) is 12.1 Å². The Bertz CT molecular complexity index is 695. The monoisotopic (exact) mass is 290 g/mol. The van der Waals surface area contributed by atoms with E-state index in [2.05, 4.69) is 0 Å². The Kier molecular flexibility index (Phi) is 3.21. The molecular formula is C17H16F2O2. The fourth-order valence-electron chi connectivity index (χ4n) is 2.70. The second kappa shape index (κ2) is 4.81. The lowest BCUT2D eigenvalue weighted by molar-refractivity contribution is 0.138. The van der Waals surface area contributed by atoms with Crippen molar-refractivity contribution in [2.45, 2.75) is 32.0 Å². The zero-order valence-corrected chi connectivity index (χ0v) is 11.9. The van der Waals surface area contributed by atoms with E-state index < -0.39 is 17.7 Å². The fourth-order valence-corrected chi connectivity index (χ4v) is 2.70. The van der Waals surface area contributed by atoms with Crippen molar-refractivity contribution in [2.24, 2.45) is 0 Å². The van der Waals surface area contributed by atoms with E-state index in [0.29, 0.717) is 5.56 Å². The molecule has 0 aromatic heterocycles. The molecular weight excluding hydrogens is 274 g/mol. The summed E-state index contributed by atoms with van der Waals surface area (Å²) in [6.45, 7) is 3.98. The first kappa shape index (κ1) is 14.0. The minimum Gasteiger partial charge on any atom is -0.487 e. The zero-order chi connectivity index (χ0) is 15.2.